The molecule has 0 saturated carbocycles. The lowest BCUT2D eigenvalue weighted by Crippen LogP contribution is -2.38. The first-order valence-corrected chi connectivity index (χ1v) is 11.6. The summed E-state index contributed by atoms with van der Waals surface area (Å²) < 4.78 is 21.2. The van der Waals surface area contributed by atoms with Crippen LogP contribution in [0.4, 0.5) is 0 Å². The zero-order valence-electron chi connectivity index (χ0n) is 19.9. The largest absolute Gasteiger partial charge is 0.379 e. The quantitative estimate of drug-likeness (QED) is 0.157. The molecule has 2 aliphatic heterocycles. The molecule has 36 heavy (non-hydrogen) atoms. The van der Waals surface area contributed by atoms with E-state index in [1.807, 2.05) is 0 Å². The first-order valence-electron chi connectivity index (χ1n) is 11.6. The molecule has 1 fully saturated rings. The molecule has 0 unspecified atom stereocenters. The number of hydrogen-bond acceptors (Lipinski definition) is 11. The van der Waals surface area contributed by atoms with Crippen LogP contribution in [-0.4, -0.2) is 111 Å². The summed E-state index contributed by atoms with van der Waals surface area (Å²) in [4.78, 5) is 74.5. The maximum atomic E-state index is 11.7. The van der Waals surface area contributed by atoms with Crippen molar-refractivity contribution < 1.29 is 52.6 Å². The van der Waals surface area contributed by atoms with Gasteiger partial charge in [0, 0.05) is 44.5 Å². The van der Waals surface area contributed by atoms with E-state index in [9.17, 15) is 28.8 Å². The highest BCUT2D eigenvalue weighted by molar-refractivity contribution is 6.12. The van der Waals surface area contributed by atoms with Crippen molar-refractivity contribution in [1.82, 2.24) is 15.3 Å². The molecule has 1 N–H and O–H groups in total. The lowest BCUT2D eigenvalue weighted by molar-refractivity contribution is -0.198. The van der Waals surface area contributed by atoms with Crippen molar-refractivity contribution in [3.05, 3.63) is 12.2 Å². The standard InChI is InChI=1S/C22H31N3O11/c26-17(23-7-8-24-18(27)1-2-19(24)28)5-9-32-11-13-34-15-16-35-14-12-33-10-6-22(31)36-25-20(29)3-4-21(25)30/h1-2H,3-16H2,(H,23,26). The Hall–Kier alpha value is -3.20. The maximum Gasteiger partial charge on any atom is 0.335 e. The van der Waals surface area contributed by atoms with Crippen LogP contribution in [0.25, 0.3) is 0 Å². The highest BCUT2D eigenvalue weighted by atomic mass is 16.7. The normalized spacial score (nSPS) is 15.3. The van der Waals surface area contributed by atoms with E-state index in [0.29, 0.717) is 38.1 Å². The van der Waals surface area contributed by atoms with Gasteiger partial charge < -0.3 is 29.1 Å². The minimum absolute atomic E-state index is 0.0457. The van der Waals surface area contributed by atoms with Crippen LogP contribution in [0.3, 0.4) is 0 Å². The van der Waals surface area contributed by atoms with Crippen molar-refractivity contribution in [3.8, 4) is 0 Å². The summed E-state index contributed by atoms with van der Waals surface area (Å²) in [7, 11) is 0. The molecule has 1 saturated heterocycles. The van der Waals surface area contributed by atoms with Gasteiger partial charge in [-0.15, -0.1) is 5.06 Å². The van der Waals surface area contributed by atoms with Gasteiger partial charge >= 0.3 is 5.97 Å². The second kappa shape index (κ2) is 16.5. The Morgan fingerprint density at radius 2 is 1.19 bits per heavy atom. The van der Waals surface area contributed by atoms with Crippen LogP contribution in [0.5, 0.6) is 0 Å². The average Bonchev–Trinajstić information content (AvgIpc) is 3.34. The van der Waals surface area contributed by atoms with Crippen LogP contribution in [0, 0.1) is 0 Å². The number of ether oxygens (including phenoxy) is 4. The van der Waals surface area contributed by atoms with E-state index >= 15 is 0 Å². The number of amides is 5. The van der Waals surface area contributed by atoms with Gasteiger partial charge in [0.05, 0.1) is 59.3 Å². The number of carbonyl (C=O) groups excluding carboxylic acids is 6. The van der Waals surface area contributed by atoms with Gasteiger partial charge in [0.15, 0.2) is 0 Å². The fraction of sp³-hybridized carbons (Fsp3) is 0.636. The van der Waals surface area contributed by atoms with E-state index < -0.39 is 17.8 Å². The van der Waals surface area contributed by atoms with Crippen molar-refractivity contribution in [3.63, 3.8) is 0 Å². The minimum Gasteiger partial charge on any atom is -0.379 e. The summed E-state index contributed by atoms with van der Waals surface area (Å²) in [6, 6.07) is 0. The molecule has 0 aromatic heterocycles. The van der Waals surface area contributed by atoms with Crippen LogP contribution in [0.15, 0.2) is 12.2 Å². The number of hydroxylamine groups is 2. The predicted octanol–water partition coefficient (Wildman–Crippen LogP) is -1.52. The first-order chi connectivity index (χ1) is 17.4. The van der Waals surface area contributed by atoms with Crippen LogP contribution in [-0.2, 0) is 52.6 Å². The lowest BCUT2D eigenvalue weighted by Gasteiger charge is -2.14. The Kier molecular flexibility index (Phi) is 13.3. The second-order valence-corrected chi connectivity index (χ2v) is 7.51. The van der Waals surface area contributed by atoms with Crippen molar-refractivity contribution >= 4 is 35.5 Å². The molecule has 2 heterocycles. The van der Waals surface area contributed by atoms with Gasteiger partial charge in [-0.25, -0.2) is 4.79 Å². The number of nitrogens with zero attached hydrogens (tertiary/aromatic N) is 2. The predicted molar refractivity (Wildman–Crippen MR) is 119 cm³/mol. The highest BCUT2D eigenvalue weighted by Crippen LogP contribution is 2.12. The molecule has 2 rings (SSSR count). The Labute approximate surface area is 207 Å². The average molecular weight is 514 g/mol. The Bertz CT molecular complexity index is 796. The molecule has 14 nitrogen and oxygen atoms in total. The molecule has 0 aromatic rings. The minimum atomic E-state index is -0.721. The van der Waals surface area contributed by atoms with Gasteiger partial charge in [-0.3, -0.25) is 28.9 Å². The van der Waals surface area contributed by atoms with Crippen molar-refractivity contribution in [2.75, 3.05) is 65.9 Å². The summed E-state index contributed by atoms with van der Waals surface area (Å²) >= 11 is 0. The van der Waals surface area contributed by atoms with Crippen LogP contribution >= 0.6 is 0 Å². The van der Waals surface area contributed by atoms with Gasteiger partial charge in [0.2, 0.25) is 5.91 Å². The van der Waals surface area contributed by atoms with E-state index in [0.717, 1.165) is 4.90 Å². The van der Waals surface area contributed by atoms with Crippen LogP contribution < -0.4 is 5.32 Å². The van der Waals surface area contributed by atoms with E-state index in [1.54, 1.807) is 0 Å². The molecule has 0 radical (unpaired) electrons. The number of nitrogens with one attached hydrogen (secondary N) is 1. The van der Waals surface area contributed by atoms with Gasteiger partial charge in [0.25, 0.3) is 23.6 Å². The zero-order valence-corrected chi connectivity index (χ0v) is 19.9. The Balaban J connectivity index is 1.29. The molecule has 0 bridgehead atoms. The summed E-state index contributed by atoms with van der Waals surface area (Å²) in [5.41, 5.74) is 0. The number of rotatable bonds is 19. The van der Waals surface area contributed by atoms with Crippen LogP contribution in [0.2, 0.25) is 0 Å². The molecule has 0 aliphatic carbocycles. The number of carbonyl (C=O) groups is 6. The summed E-state index contributed by atoms with van der Waals surface area (Å²) in [6.07, 6.45) is 2.53. The van der Waals surface area contributed by atoms with Crippen molar-refractivity contribution in [1.29, 1.82) is 0 Å². The Morgan fingerprint density at radius 3 is 1.72 bits per heavy atom. The molecule has 14 heteroatoms. The molecule has 0 atom stereocenters. The SMILES string of the molecule is O=C(CCOCCOCCOCCOCCC(=O)ON1C(=O)CCC1=O)NCCN1C(=O)C=CC1=O. The third-order valence-electron chi connectivity index (χ3n) is 4.80. The highest BCUT2D eigenvalue weighted by Gasteiger charge is 2.32. The fourth-order valence-electron chi connectivity index (χ4n) is 2.93. The molecular formula is C22H31N3O11. The fourth-order valence-corrected chi connectivity index (χ4v) is 2.93. The van der Waals surface area contributed by atoms with E-state index in [4.69, 9.17) is 23.8 Å². The molecule has 2 aliphatic rings. The number of hydrogen-bond donors (Lipinski definition) is 1. The summed E-state index contributed by atoms with van der Waals surface area (Å²) in [6.45, 7) is 2.46. The monoisotopic (exact) mass is 513 g/mol. The zero-order chi connectivity index (χ0) is 26.2. The van der Waals surface area contributed by atoms with Gasteiger partial charge in [-0.1, -0.05) is 0 Å². The van der Waals surface area contributed by atoms with Gasteiger partial charge in [-0.2, -0.15) is 0 Å². The van der Waals surface area contributed by atoms with Crippen molar-refractivity contribution in [2.24, 2.45) is 0 Å². The van der Waals surface area contributed by atoms with Gasteiger partial charge in [0.1, 0.15) is 0 Å². The summed E-state index contributed by atoms with van der Waals surface area (Å²) in [5, 5.41) is 3.12. The van der Waals surface area contributed by atoms with Crippen molar-refractivity contribution in [2.45, 2.75) is 25.7 Å². The first kappa shape index (κ1) is 29.0. The van der Waals surface area contributed by atoms with E-state index in [2.05, 4.69) is 5.32 Å². The van der Waals surface area contributed by atoms with Crippen LogP contribution in [0.1, 0.15) is 25.7 Å². The van der Waals surface area contributed by atoms with Gasteiger partial charge in [-0.05, 0) is 0 Å². The van der Waals surface area contributed by atoms with E-state index in [-0.39, 0.29) is 76.3 Å². The maximum absolute atomic E-state index is 11.7. The molecule has 5 amide bonds. The second-order valence-electron chi connectivity index (χ2n) is 7.51. The third kappa shape index (κ3) is 11.0. The Morgan fingerprint density at radius 1 is 0.722 bits per heavy atom. The molecular weight excluding hydrogens is 482 g/mol. The van der Waals surface area contributed by atoms with E-state index in [1.165, 1.54) is 12.2 Å². The number of imide groups is 2. The topological polar surface area (TPSA) is 167 Å². The smallest absolute Gasteiger partial charge is 0.335 e. The lowest BCUT2D eigenvalue weighted by atomic mass is 10.4. The third-order valence-corrected chi connectivity index (χ3v) is 4.80. The molecule has 0 aromatic carbocycles. The molecule has 0 spiro atoms. The molecule has 200 valence electrons. The summed E-state index contributed by atoms with van der Waals surface area (Å²) in [5.74, 6) is -2.79.